The van der Waals surface area contributed by atoms with Gasteiger partial charge in [-0.25, -0.2) is 0 Å². The highest BCUT2D eigenvalue weighted by molar-refractivity contribution is 6.16. The summed E-state index contributed by atoms with van der Waals surface area (Å²) in [6.45, 7) is 13.5. The van der Waals surface area contributed by atoms with Crippen LogP contribution in [0.3, 0.4) is 0 Å². The van der Waals surface area contributed by atoms with E-state index in [2.05, 4.69) is 71.9 Å². The number of benzene rings is 2. The lowest BCUT2D eigenvalue weighted by atomic mass is 9.75. The Morgan fingerprint density at radius 3 is 2.50 bits per heavy atom. The summed E-state index contributed by atoms with van der Waals surface area (Å²) in [5.74, 6) is 0.582. The first-order chi connectivity index (χ1) is 13.3. The van der Waals surface area contributed by atoms with Gasteiger partial charge in [-0.1, -0.05) is 63.6 Å². The van der Waals surface area contributed by atoms with E-state index in [4.69, 9.17) is 9.40 Å². The van der Waals surface area contributed by atoms with Crippen molar-refractivity contribution in [2.75, 3.05) is 0 Å². The fraction of sp³-hybridized carbons (Fsp3) is 0.346. The number of rotatable bonds is 2. The second-order valence-electron chi connectivity index (χ2n) is 9.34. The quantitative estimate of drug-likeness (QED) is 0.376. The van der Waals surface area contributed by atoms with Crippen molar-refractivity contribution in [1.29, 1.82) is 0 Å². The zero-order valence-corrected chi connectivity index (χ0v) is 17.6. The Labute approximate surface area is 166 Å². The summed E-state index contributed by atoms with van der Waals surface area (Å²) in [5, 5.41) is 2.45. The van der Waals surface area contributed by atoms with Crippen LogP contribution in [-0.2, 0) is 11.8 Å². The predicted octanol–water partition coefficient (Wildman–Crippen LogP) is 7.10. The maximum Gasteiger partial charge on any atom is 0.142 e. The highest BCUT2D eigenvalue weighted by Gasteiger charge is 2.35. The lowest BCUT2D eigenvalue weighted by molar-refractivity contribution is 0.617. The summed E-state index contributed by atoms with van der Waals surface area (Å²) >= 11 is 0. The zero-order chi connectivity index (χ0) is 19.8. The van der Waals surface area contributed by atoms with E-state index in [1.165, 1.54) is 38.6 Å². The van der Waals surface area contributed by atoms with E-state index < -0.39 is 0 Å². The van der Waals surface area contributed by atoms with Gasteiger partial charge >= 0.3 is 0 Å². The van der Waals surface area contributed by atoms with Gasteiger partial charge in [-0.15, -0.1) is 0 Å². The number of furan rings is 1. The van der Waals surface area contributed by atoms with Crippen molar-refractivity contribution in [2.24, 2.45) is 5.92 Å². The molecule has 2 aromatic heterocycles. The highest BCUT2D eigenvalue weighted by Crippen LogP contribution is 2.50. The summed E-state index contributed by atoms with van der Waals surface area (Å²) in [7, 11) is 0. The molecule has 0 atom stereocenters. The van der Waals surface area contributed by atoms with Crippen LogP contribution in [0.2, 0.25) is 0 Å². The molecule has 2 aromatic carbocycles. The monoisotopic (exact) mass is 369 g/mol. The van der Waals surface area contributed by atoms with Gasteiger partial charge in [0.05, 0.1) is 11.1 Å². The molecular weight excluding hydrogens is 342 g/mol. The average Bonchev–Trinajstić information content (AvgIpc) is 3.01. The van der Waals surface area contributed by atoms with Gasteiger partial charge in [-0.3, -0.25) is 4.98 Å². The zero-order valence-electron chi connectivity index (χ0n) is 17.6. The molecule has 1 aliphatic rings. The normalized spacial score (nSPS) is 14.8. The number of aromatic nitrogens is 1. The molecule has 0 radical (unpaired) electrons. The van der Waals surface area contributed by atoms with Crippen LogP contribution in [-0.4, -0.2) is 4.98 Å². The molecule has 4 aromatic rings. The molecule has 0 unspecified atom stereocenters. The predicted molar refractivity (Wildman–Crippen MR) is 117 cm³/mol. The first kappa shape index (κ1) is 17.5. The molecule has 1 aliphatic carbocycles. The Balaban J connectivity index is 2.03. The molecule has 0 fully saturated rings. The van der Waals surface area contributed by atoms with E-state index in [0.717, 1.165) is 28.8 Å². The molecule has 2 heteroatoms. The van der Waals surface area contributed by atoms with Crippen LogP contribution in [0.15, 0.2) is 40.9 Å². The van der Waals surface area contributed by atoms with Crippen LogP contribution in [0.1, 0.15) is 55.5 Å². The summed E-state index contributed by atoms with van der Waals surface area (Å²) in [6, 6.07) is 11.4. The van der Waals surface area contributed by atoms with Crippen molar-refractivity contribution < 1.29 is 4.42 Å². The Morgan fingerprint density at radius 1 is 0.964 bits per heavy atom. The standard InChI is InChI=1S/C26H27NO/c1-14(2)11-17-8-10-19-21-22-23(27-13-16(4)24(22)28-25(17)21)18-9-7-15(3)12-20(18)26(19,5)6/h7-10,12-14H,11H2,1-6H3. The minimum Gasteiger partial charge on any atom is -0.455 e. The molecule has 28 heavy (non-hydrogen) atoms. The smallest absolute Gasteiger partial charge is 0.142 e. The van der Waals surface area contributed by atoms with E-state index in [1.54, 1.807) is 0 Å². The third-order valence-corrected chi connectivity index (χ3v) is 6.31. The molecule has 2 heterocycles. The summed E-state index contributed by atoms with van der Waals surface area (Å²) < 4.78 is 6.56. The highest BCUT2D eigenvalue weighted by atomic mass is 16.3. The van der Waals surface area contributed by atoms with Crippen molar-refractivity contribution in [1.82, 2.24) is 4.98 Å². The van der Waals surface area contributed by atoms with Crippen LogP contribution in [0, 0.1) is 19.8 Å². The molecule has 0 saturated carbocycles. The number of pyridine rings is 1. The summed E-state index contributed by atoms with van der Waals surface area (Å²) in [5.41, 5.74) is 10.6. The van der Waals surface area contributed by atoms with Crippen molar-refractivity contribution >= 4 is 21.9 Å². The number of nitrogens with zero attached hydrogens (tertiary/aromatic N) is 1. The third kappa shape index (κ3) is 2.24. The second kappa shape index (κ2) is 5.70. The van der Waals surface area contributed by atoms with Gasteiger partial charge < -0.3 is 4.42 Å². The second-order valence-corrected chi connectivity index (χ2v) is 9.34. The minimum absolute atomic E-state index is 0.124. The van der Waals surface area contributed by atoms with Crippen LogP contribution >= 0.6 is 0 Å². The largest absolute Gasteiger partial charge is 0.455 e. The van der Waals surface area contributed by atoms with Gasteiger partial charge in [0.25, 0.3) is 0 Å². The first-order valence-electron chi connectivity index (χ1n) is 10.2. The first-order valence-corrected chi connectivity index (χ1v) is 10.2. The molecule has 0 N–H and O–H groups in total. The number of aryl methyl sites for hydroxylation is 2. The molecule has 0 amide bonds. The Bertz CT molecular complexity index is 1260. The molecule has 5 rings (SSSR count). The molecule has 142 valence electrons. The van der Waals surface area contributed by atoms with E-state index >= 15 is 0 Å². The number of hydrogen-bond acceptors (Lipinski definition) is 2. The van der Waals surface area contributed by atoms with Gasteiger partial charge in [-0.2, -0.15) is 0 Å². The molecule has 0 aliphatic heterocycles. The van der Waals surface area contributed by atoms with Crippen molar-refractivity contribution in [3.05, 3.63) is 64.3 Å². The van der Waals surface area contributed by atoms with E-state index in [-0.39, 0.29) is 5.41 Å². The van der Waals surface area contributed by atoms with Crippen LogP contribution in [0.5, 0.6) is 0 Å². The fourth-order valence-electron chi connectivity index (χ4n) is 4.90. The van der Waals surface area contributed by atoms with Gasteiger partial charge in [0.1, 0.15) is 11.2 Å². The summed E-state index contributed by atoms with van der Waals surface area (Å²) in [6.07, 6.45) is 2.98. The number of hydrogen-bond donors (Lipinski definition) is 0. The maximum atomic E-state index is 6.56. The maximum absolute atomic E-state index is 6.56. The SMILES string of the molecule is Cc1ccc2c(c1)C(C)(C)c1ccc(CC(C)C)c3oc4c(C)cnc-2c4c13. The summed E-state index contributed by atoms with van der Waals surface area (Å²) in [4.78, 5) is 4.92. The Hall–Kier alpha value is -2.61. The lowest BCUT2D eigenvalue weighted by Gasteiger charge is -2.28. The Morgan fingerprint density at radius 2 is 1.75 bits per heavy atom. The Kier molecular flexibility index (Phi) is 3.56. The number of fused-ring (bicyclic) bond motifs is 2. The molecular formula is C26H27NO. The van der Waals surface area contributed by atoms with Crippen molar-refractivity contribution in [3.63, 3.8) is 0 Å². The fourth-order valence-corrected chi connectivity index (χ4v) is 4.90. The van der Waals surface area contributed by atoms with Gasteiger partial charge in [0, 0.05) is 28.1 Å². The average molecular weight is 370 g/mol. The minimum atomic E-state index is -0.124. The van der Waals surface area contributed by atoms with Gasteiger partial charge in [0.2, 0.25) is 0 Å². The van der Waals surface area contributed by atoms with Gasteiger partial charge in [0.15, 0.2) is 0 Å². The van der Waals surface area contributed by atoms with Crippen molar-refractivity contribution in [2.45, 2.75) is 53.4 Å². The van der Waals surface area contributed by atoms with E-state index in [0.29, 0.717) is 5.92 Å². The van der Waals surface area contributed by atoms with E-state index in [1.807, 2.05) is 6.20 Å². The van der Waals surface area contributed by atoms with Gasteiger partial charge in [-0.05, 0) is 42.9 Å². The molecule has 2 nitrogen and oxygen atoms in total. The molecule has 0 spiro atoms. The van der Waals surface area contributed by atoms with Crippen LogP contribution < -0.4 is 0 Å². The van der Waals surface area contributed by atoms with Crippen molar-refractivity contribution in [3.8, 4) is 11.3 Å². The lowest BCUT2D eigenvalue weighted by Crippen LogP contribution is -2.20. The van der Waals surface area contributed by atoms with Crippen LogP contribution in [0.4, 0.5) is 0 Å². The molecule has 0 bridgehead atoms. The van der Waals surface area contributed by atoms with Crippen LogP contribution in [0.25, 0.3) is 33.2 Å². The van der Waals surface area contributed by atoms with E-state index in [9.17, 15) is 0 Å². The molecule has 0 saturated heterocycles. The topological polar surface area (TPSA) is 26.0 Å². The third-order valence-electron chi connectivity index (χ3n) is 6.31.